The van der Waals surface area contributed by atoms with Crippen LogP contribution < -0.4 is 9.47 Å². The fourth-order valence-electron chi connectivity index (χ4n) is 4.14. The quantitative estimate of drug-likeness (QED) is 0.310. The van der Waals surface area contributed by atoms with Gasteiger partial charge in [0, 0.05) is 11.1 Å². The van der Waals surface area contributed by atoms with Crippen molar-refractivity contribution in [3.05, 3.63) is 103 Å². The standard InChI is InChI=1S/C29H21NO2/c1-19-6-8-21(9-7-19)26-15-25(23-12-13-28-29(17-23)32-18-31-28)16-27(30-26)24-11-10-20-4-2-3-5-22(20)14-24/h2-17H,18H2,1H3. The molecule has 0 radical (unpaired) electrons. The Bertz CT molecular complexity index is 1450. The number of aromatic nitrogens is 1. The van der Waals surface area contributed by atoms with E-state index in [4.69, 9.17) is 14.5 Å². The van der Waals surface area contributed by atoms with E-state index in [0.717, 1.165) is 45.1 Å². The first-order valence-corrected chi connectivity index (χ1v) is 10.7. The van der Waals surface area contributed by atoms with E-state index >= 15 is 0 Å². The minimum absolute atomic E-state index is 0.270. The molecule has 154 valence electrons. The predicted molar refractivity (Wildman–Crippen MR) is 129 cm³/mol. The highest BCUT2D eigenvalue weighted by Crippen LogP contribution is 2.38. The molecule has 0 saturated carbocycles. The largest absolute Gasteiger partial charge is 0.454 e. The van der Waals surface area contributed by atoms with Crippen molar-refractivity contribution in [2.45, 2.75) is 6.92 Å². The minimum atomic E-state index is 0.270. The first-order chi connectivity index (χ1) is 15.7. The summed E-state index contributed by atoms with van der Waals surface area (Å²) >= 11 is 0. The van der Waals surface area contributed by atoms with Crippen LogP contribution in [0.2, 0.25) is 0 Å². The van der Waals surface area contributed by atoms with Crippen LogP contribution in [0.1, 0.15) is 5.56 Å². The summed E-state index contributed by atoms with van der Waals surface area (Å²) in [6.45, 7) is 2.37. The molecular formula is C29H21NO2. The lowest BCUT2D eigenvalue weighted by Crippen LogP contribution is -1.93. The molecule has 0 unspecified atom stereocenters. The number of ether oxygens (including phenoxy) is 2. The second-order valence-corrected chi connectivity index (χ2v) is 8.12. The molecular weight excluding hydrogens is 394 g/mol. The lowest BCUT2D eigenvalue weighted by molar-refractivity contribution is 0.174. The summed E-state index contributed by atoms with van der Waals surface area (Å²) in [7, 11) is 0. The van der Waals surface area contributed by atoms with Crippen LogP contribution in [0.25, 0.3) is 44.4 Å². The molecule has 0 spiro atoms. The fraction of sp³-hybridized carbons (Fsp3) is 0.0690. The molecule has 4 aromatic carbocycles. The molecule has 0 atom stereocenters. The molecule has 0 aliphatic carbocycles. The van der Waals surface area contributed by atoms with Gasteiger partial charge in [0.25, 0.3) is 0 Å². The molecule has 0 fully saturated rings. The SMILES string of the molecule is Cc1ccc(-c2cc(-c3ccc4c(c3)OCO4)cc(-c3ccc4ccccc4c3)n2)cc1. The maximum absolute atomic E-state index is 5.61. The third kappa shape index (κ3) is 3.38. The number of hydrogen-bond donors (Lipinski definition) is 0. The van der Waals surface area contributed by atoms with E-state index in [2.05, 4.69) is 91.9 Å². The first-order valence-electron chi connectivity index (χ1n) is 10.7. The topological polar surface area (TPSA) is 31.4 Å². The van der Waals surface area contributed by atoms with Crippen LogP contribution in [0.4, 0.5) is 0 Å². The van der Waals surface area contributed by atoms with Crippen LogP contribution in [-0.4, -0.2) is 11.8 Å². The zero-order valence-electron chi connectivity index (χ0n) is 17.7. The zero-order chi connectivity index (χ0) is 21.5. The second kappa shape index (κ2) is 7.54. The van der Waals surface area contributed by atoms with E-state index in [-0.39, 0.29) is 6.79 Å². The molecule has 1 aromatic heterocycles. The Kier molecular flexibility index (Phi) is 4.39. The number of hydrogen-bond acceptors (Lipinski definition) is 3. The highest BCUT2D eigenvalue weighted by atomic mass is 16.7. The van der Waals surface area contributed by atoms with E-state index < -0.39 is 0 Å². The van der Waals surface area contributed by atoms with Crippen LogP contribution in [0.3, 0.4) is 0 Å². The normalized spacial score (nSPS) is 12.3. The van der Waals surface area contributed by atoms with Gasteiger partial charge >= 0.3 is 0 Å². The van der Waals surface area contributed by atoms with Gasteiger partial charge in [0.15, 0.2) is 11.5 Å². The summed E-state index contributed by atoms with van der Waals surface area (Å²) in [5.41, 5.74) is 7.49. The van der Waals surface area contributed by atoms with Crippen molar-refractivity contribution in [1.82, 2.24) is 4.98 Å². The van der Waals surface area contributed by atoms with Crippen molar-refractivity contribution < 1.29 is 9.47 Å². The van der Waals surface area contributed by atoms with Gasteiger partial charge in [-0.1, -0.05) is 72.3 Å². The van der Waals surface area contributed by atoms with Crippen molar-refractivity contribution in [3.8, 4) is 45.1 Å². The predicted octanol–water partition coefficient (Wildman–Crippen LogP) is 7.27. The van der Waals surface area contributed by atoms with Gasteiger partial charge in [-0.25, -0.2) is 4.98 Å². The Morgan fingerprint density at radius 3 is 2.09 bits per heavy atom. The first kappa shape index (κ1) is 18.6. The fourth-order valence-corrected chi connectivity index (χ4v) is 4.14. The van der Waals surface area contributed by atoms with Crippen LogP contribution in [0, 0.1) is 6.92 Å². The monoisotopic (exact) mass is 415 g/mol. The van der Waals surface area contributed by atoms with Gasteiger partial charge in [-0.15, -0.1) is 0 Å². The molecule has 5 aromatic rings. The van der Waals surface area contributed by atoms with E-state index in [1.165, 1.54) is 16.3 Å². The molecule has 3 nitrogen and oxygen atoms in total. The number of nitrogens with zero attached hydrogens (tertiary/aromatic N) is 1. The molecule has 2 heterocycles. The Labute approximate surface area is 186 Å². The van der Waals surface area contributed by atoms with Gasteiger partial charge < -0.3 is 9.47 Å². The lowest BCUT2D eigenvalue weighted by atomic mass is 9.98. The van der Waals surface area contributed by atoms with Crippen LogP contribution in [0.15, 0.2) is 97.1 Å². The number of fused-ring (bicyclic) bond motifs is 2. The van der Waals surface area contributed by atoms with Crippen molar-refractivity contribution in [2.75, 3.05) is 6.79 Å². The minimum Gasteiger partial charge on any atom is -0.454 e. The van der Waals surface area contributed by atoms with Crippen LogP contribution >= 0.6 is 0 Å². The van der Waals surface area contributed by atoms with Crippen LogP contribution in [0.5, 0.6) is 11.5 Å². The van der Waals surface area contributed by atoms with Crippen molar-refractivity contribution >= 4 is 10.8 Å². The number of rotatable bonds is 3. The third-order valence-electron chi connectivity index (χ3n) is 5.92. The Morgan fingerprint density at radius 2 is 1.25 bits per heavy atom. The van der Waals surface area contributed by atoms with E-state index in [0.29, 0.717) is 0 Å². The average molecular weight is 415 g/mol. The molecule has 0 amide bonds. The van der Waals surface area contributed by atoms with Gasteiger partial charge in [0.2, 0.25) is 6.79 Å². The summed E-state index contributed by atoms with van der Waals surface area (Å²) in [5, 5.41) is 2.43. The van der Waals surface area contributed by atoms with Gasteiger partial charge in [-0.05, 0) is 59.2 Å². The Morgan fingerprint density at radius 1 is 0.562 bits per heavy atom. The Balaban J connectivity index is 1.53. The number of benzene rings is 4. The number of aryl methyl sites for hydroxylation is 1. The van der Waals surface area contributed by atoms with Gasteiger partial charge in [0.05, 0.1) is 11.4 Å². The summed E-state index contributed by atoms with van der Waals surface area (Å²) in [4.78, 5) is 5.05. The van der Waals surface area contributed by atoms with E-state index in [9.17, 15) is 0 Å². The summed E-state index contributed by atoms with van der Waals surface area (Å²) in [6.07, 6.45) is 0. The molecule has 32 heavy (non-hydrogen) atoms. The summed E-state index contributed by atoms with van der Waals surface area (Å²) in [6, 6.07) is 33.8. The smallest absolute Gasteiger partial charge is 0.231 e. The van der Waals surface area contributed by atoms with Crippen molar-refractivity contribution in [3.63, 3.8) is 0 Å². The molecule has 0 bridgehead atoms. The molecule has 3 heteroatoms. The molecule has 1 aliphatic rings. The third-order valence-corrected chi connectivity index (χ3v) is 5.92. The summed E-state index contributed by atoms with van der Waals surface area (Å²) in [5.74, 6) is 1.57. The highest BCUT2D eigenvalue weighted by molar-refractivity contribution is 5.88. The average Bonchev–Trinajstić information content (AvgIpc) is 3.32. The second-order valence-electron chi connectivity index (χ2n) is 8.12. The van der Waals surface area contributed by atoms with E-state index in [1.807, 2.05) is 12.1 Å². The number of pyridine rings is 1. The molecule has 1 aliphatic heterocycles. The highest BCUT2D eigenvalue weighted by Gasteiger charge is 2.15. The molecule has 0 N–H and O–H groups in total. The van der Waals surface area contributed by atoms with Gasteiger partial charge in [0.1, 0.15) is 0 Å². The molecule has 6 rings (SSSR count). The van der Waals surface area contributed by atoms with E-state index in [1.54, 1.807) is 0 Å². The summed E-state index contributed by atoms with van der Waals surface area (Å²) < 4.78 is 11.1. The molecule has 0 saturated heterocycles. The van der Waals surface area contributed by atoms with Crippen molar-refractivity contribution in [1.29, 1.82) is 0 Å². The lowest BCUT2D eigenvalue weighted by Gasteiger charge is -2.11. The maximum atomic E-state index is 5.61. The van der Waals surface area contributed by atoms with Gasteiger partial charge in [-0.2, -0.15) is 0 Å². The van der Waals surface area contributed by atoms with Gasteiger partial charge in [-0.3, -0.25) is 0 Å². The van der Waals surface area contributed by atoms with Crippen molar-refractivity contribution in [2.24, 2.45) is 0 Å². The van der Waals surface area contributed by atoms with Crippen LogP contribution in [-0.2, 0) is 0 Å². The maximum Gasteiger partial charge on any atom is 0.231 e. The zero-order valence-corrected chi connectivity index (χ0v) is 17.7. The Hall–Kier alpha value is -4.11.